The lowest BCUT2D eigenvalue weighted by molar-refractivity contribution is -0.555. The van der Waals surface area contributed by atoms with Crippen LogP contribution in [0, 0.1) is 13.8 Å². The first-order valence-electron chi connectivity index (χ1n) is 7.13. The molecule has 0 amide bonds. The minimum atomic E-state index is -0.0751. The minimum Gasteiger partial charge on any atom is -0.257 e. The molecule has 3 heterocycles. The summed E-state index contributed by atoms with van der Waals surface area (Å²) in [6.07, 6.45) is 1.70. The second kappa shape index (κ2) is 4.53. The zero-order chi connectivity index (χ0) is 15.3. The predicted molar refractivity (Wildman–Crippen MR) is 84.3 cm³/mol. The second-order valence-corrected chi connectivity index (χ2v) is 5.47. The van der Waals surface area contributed by atoms with Crippen molar-refractivity contribution in [1.82, 2.24) is 14.9 Å². The Morgan fingerprint density at radius 3 is 2.73 bits per heavy atom. The molecular weight excluding hydrogens is 276 g/mol. The molecule has 1 N–H and O–H groups in total. The summed E-state index contributed by atoms with van der Waals surface area (Å²) >= 11 is 0. The lowest BCUT2D eigenvalue weighted by atomic mass is 10.1. The number of hydrogen-bond donors (Lipinski definition) is 1. The largest absolute Gasteiger partial charge is 0.406 e. The van der Waals surface area contributed by atoms with Crippen LogP contribution in [0.25, 0.3) is 22.1 Å². The molecule has 4 aromatic rings. The van der Waals surface area contributed by atoms with Gasteiger partial charge >= 0.3 is 5.56 Å². The molecule has 0 atom stereocenters. The SMILES string of the molecule is Cc1ccc(-n2[nH][n+]3c(c(C)cc4ccccc43)c2=O)cn1. The monoisotopic (exact) mass is 291 g/mol. The van der Waals surface area contributed by atoms with Crippen molar-refractivity contribution in [3.05, 3.63) is 70.3 Å². The van der Waals surface area contributed by atoms with Crippen LogP contribution >= 0.6 is 0 Å². The maximum atomic E-state index is 12.8. The summed E-state index contributed by atoms with van der Waals surface area (Å²) in [4.78, 5) is 17.0. The zero-order valence-electron chi connectivity index (χ0n) is 12.4. The van der Waals surface area contributed by atoms with Crippen LogP contribution in [-0.2, 0) is 0 Å². The van der Waals surface area contributed by atoms with E-state index < -0.39 is 0 Å². The molecule has 22 heavy (non-hydrogen) atoms. The number of fused-ring (bicyclic) bond motifs is 3. The predicted octanol–water partition coefficient (Wildman–Crippen LogP) is 2.07. The maximum absolute atomic E-state index is 12.8. The van der Waals surface area contributed by atoms with Gasteiger partial charge in [0.25, 0.3) is 0 Å². The van der Waals surface area contributed by atoms with Gasteiger partial charge in [0, 0.05) is 16.6 Å². The van der Waals surface area contributed by atoms with Crippen LogP contribution in [0.15, 0.2) is 53.5 Å². The van der Waals surface area contributed by atoms with E-state index >= 15 is 0 Å². The number of nitrogens with zero attached hydrogens (tertiary/aromatic N) is 3. The number of para-hydroxylation sites is 1. The summed E-state index contributed by atoms with van der Waals surface area (Å²) in [6, 6.07) is 13.8. The molecule has 5 nitrogen and oxygen atoms in total. The first-order valence-corrected chi connectivity index (χ1v) is 7.13. The summed E-state index contributed by atoms with van der Waals surface area (Å²) in [5, 5.41) is 4.25. The van der Waals surface area contributed by atoms with Gasteiger partial charge in [0.2, 0.25) is 5.52 Å². The molecule has 0 bridgehead atoms. The number of rotatable bonds is 1. The van der Waals surface area contributed by atoms with Crippen LogP contribution < -0.4 is 10.1 Å². The highest BCUT2D eigenvalue weighted by molar-refractivity contribution is 5.78. The number of pyridine rings is 2. The van der Waals surface area contributed by atoms with Gasteiger partial charge in [0.05, 0.1) is 6.20 Å². The van der Waals surface area contributed by atoms with Gasteiger partial charge in [-0.15, -0.1) is 4.52 Å². The van der Waals surface area contributed by atoms with Crippen molar-refractivity contribution in [2.45, 2.75) is 13.8 Å². The Hall–Kier alpha value is -2.95. The summed E-state index contributed by atoms with van der Waals surface area (Å²) in [7, 11) is 0. The van der Waals surface area contributed by atoms with Crippen LogP contribution in [0.5, 0.6) is 0 Å². The van der Waals surface area contributed by atoms with Crippen LogP contribution in [0.4, 0.5) is 0 Å². The third-order valence-corrected chi connectivity index (χ3v) is 3.91. The Bertz CT molecular complexity index is 1060. The van der Waals surface area contributed by atoms with Crippen molar-refractivity contribution >= 4 is 16.4 Å². The van der Waals surface area contributed by atoms with Gasteiger partial charge in [-0.1, -0.05) is 28.1 Å². The molecule has 0 unspecified atom stereocenters. The van der Waals surface area contributed by atoms with Crippen molar-refractivity contribution in [2.24, 2.45) is 0 Å². The standard InChI is InChI=1S/C17H14N4O/c1-11-9-13-5-3-4-6-15(13)21-16(11)17(22)20(19-21)14-8-7-12(2)18-10-14/h3-10H,1-2H3/p+1. The van der Waals surface area contributed by atoms with Gasteiger partial charge in [-0.3, -0.25) is 4.98 Å². The Morgan fingerprint density at radius 1 is 1.14 bits per heavy atom. The number of nitrogens with one attached hydrogen (secondary N) is 1. The molecule has 0 aliphatic rings. The average Bonchev–Trinajstić information content (AvgIpc) is 2.87. The van der Waals surface area contributed by atoms with E-state index in [0.717, 1.165) is 27.8 Å². The number of H-pyrrole nitrogens is 1. The first kappa shape index (κ1) is 12.8. The lowest BCUT2D eigenvalue weighted by Gasteiger charge is -1.97. The third kappa shape index (κ3) is 1.75. The fourth-order valence-corrected chi connectivity index (χ4v) is 2.80. The van der Waals surface area contributed by atoms with E-state index in [2.05, 4.69) is 10.2 Å². The Morgan fingerprint density at radius 2 is 1.95 bits per heavy atom. The molecule has 4 rings (SSSR count). The van der Waals surface area contributed by atoms with Crippen molar-refractivity contribution in [2.75, 3.05) is 0 Å². The van der Waals surface area contributed by atoms with Crippen LogP contribution in [0.3, 0.4) is 0 Å². The van der Waals surface area contributed by atoms with Gasteiger partial charge in [-0.25, -0.2) is 4.79 Å². The van der Waals surface area contributed by atoms with Gasteiger partial charge < -0.3 is 0 Å². The highest BCUT2D eigenvalue weighted by atomic mass is 16.1. The maximum Gasteiger partial charge on any atom is 0.406 e. The molecule has 0 saturated heterocycles. The molecule has 5 heteroatoms. The molecule has 0 fully saturated rings. The molecule has 0 aliphatic carbocycles. The van der Waals surface area contributed by atoms with E-state index in [1.165, 1.54) is 4.68 Å². The van der Waals surface area contributed by atoms with Crippen LogP contribution in [0.2, 0.25) is 0 Å². The van der Waals surface area contributed by atoms with E-state index in [4.69, 9.17) is 0 Å². The summed E-state index contributed by atoms with van der Waals surface area (Å²) in [5.74, 6) is 0. The fraction of sp³-hybridized carbons (Fsp3) is 0.118. The molecule has 0 saturated carbocycles. The van der Waals surface area contributed by atoms with Gasteiger partial charge in [0.15, 0.2) is 11.2 Å². The normalized spacial score (nSPS) is 11.4. The molecule has 3 aromatic heterocycles. The Labute approximate surface area is 126 Å². The average molecular weight is 291 g/mol. The van der Waals surface area contributed by atoms with Crippen LogP contribution in [-0.4, -0.2) is 14.9 Å². The van der Waals surface area contributed by atoms with E-state index in [9.17, 15) is 4.79 Å². The van der Waals surface area contributed by atoms with E-state index in [0.29, 0.717) is 5.52 Å². The number of aryl methyl sites for hydroxylation is 2. The first-order chi connectivity index (χ1) is 10.6. The Kier molecular flexibility index (Phi) is 2.63. The van der Waals surface area contributed by atoms with Crippen LogP contribution in [0.1, 0.15) is 11.3 Å². The highest BCUT2D eigenvalue weighted by Crippen LogP contribution is 2.14. The van der Waals surface area contributed by atoms with Crippen molar-refractivity contribution in [1.29, 1.82) is 0 Å². The van der Waals surface area contributed by atoms with E-state index in [-0.39, 0.29) is 5.56 Å². The number of aromatic amines is 1. The second-order valence-electron chi connectivity index (χ2n) is 5.47. The third-order valence-electron chi connectivity index (χ3n) is 3.91. The zero-order valence-corrected chi connectivity index (χ0v) is 12.4. The number of hydrogen-bond acceptors (Lipinski definition) is 2. The summed E-state index contributed by atoms with van der Waals surface area (Å²) in [5.41, 5.74) is 4.14. The summed E-state index contributed by atoms with van der Waals surface area (Å²) in [6.45, 7) is 3.87. The molecule has 0 spiro atoms. The van der Waals surface area contributed by atoms with Crippen molar-refractivity contribution in [3.8, 4) is 5.69 Å². The van der Waals surface area contributed by atoms with Crippen molar-refractivity contribution < 1.29 is 4.52 Å². The quantitative estimate of drug-likeness (QED) is 0.546. The van der Waals surface area contributed by atoms with Gasteiger partial charge in [-0.05, 0) is 38.1 Å². The smallest absolute Gasteiger partial charge is 0.257 e. The van der Waals surface area contributed by atoms with Crippen molar-refractivity contribution in [3.63, 3.8) is 0 Å². The Balaban J connectivity index is 2.12. The van der Waals surface area contributed by atoms with Gasteiger partial charge in [-0.2, -0.15) is 0 Å². The topological polar surface area (TPSA) is 54.8 Å². The van der Waals surface area contributed by atoms with E-state index in [1.54, 1.807) is 6.20 Å². The number of aromatic nitrogens is 4. The highest BCUT2D eigenvalue weighted by Gasteiger charge is 2.21. The molecular formula is C17H15N4O+. The molecule has 1 aromatic carbocycles. The minimum absolute atomic E-state index is 0.0751. The summed E-state index contributed by atoms with van der Waals surface area (Å²) < 4.78 is 3.37. The molecule has 0 radical (unpaired) electrons. The molecule has 108 valence electrons. The lowest BCUT2D eigenvalue weighted by Crippen LogP contribution is -2.26. The van der Waals surface area contributed by atoms with Gasteiger partial charge in [0.1, 0.15) is 0 Å². The fourth-order valence-electron chi connectivity index (χ4n) is 2.80. The number of benzene rings is 1. The van der Waals surface area contributed by atoms with E-state index in [1.807, 2.05) is 60.8 Å². The molecule has 0 aliphatic heterocycles.